The van der Waals surface area contributed by atoms with Crippen molar-refractivity contribution in [2.45, 2.75) is 68.9 Å². The molecule has 0 saturated heterocycles. The van der Waals surface area contributed by atoms with Gasteiger partial charge in [-0.05, 0) is 78.8 Å². The molecule has 3 aromatic rings. The number of carbonyl (C=O) groups excluding carboxylic acids is 1. The predicted molar refractivity (Wildman–Crippen MR) is 151 cm³/mol. The van der Waals surface area contributed by atoms with Gasteiger partial charge >= 0.3 is 6.03 Å². The summed E-state index contributed by atoms with van der Waals surface area (Å²) in [5.74, 6) is 0.0598. The molecule has 1 aliphatic heterocycles. The summed E-state index contributed by atoms with van der Waals surface area (Å²) in [5.41, 5.74) is 4.92. The van der Waals surface area contributed by atoms with Gasteiger partial charge in [-0.15, -0.1) is 0 Å². The second kappa shape index (κ2) is 9.86. The Labute approximate surface area is 225 Å². The lowest BCUT2D eigenvalue weighted by molar-refractivity contribution is 0.0792. The predicted octanol–water partition coefficient (Wildman–Crippen LogP) is 5.92. The molecule has 2 amide bonds. The smallest absolute Gasteiger partial charge is 0.322 e. The summed E-state index contributed by atoms with van der Waals surface area (Å²) in [4.78, 5) is 15.6. The highest BCUT2D eigenvalue weighted by atomic mass is 32.2. The molecule has 5 rings (SSSR count). The van der Waals surface area contributed by atoms with E-state index < -0.39 is 15.4 Å². The number of amides is 2. The highest BCUT2D eigenvalue weighted by molar-refractivity contribution is 7.91. The Morgan fingerprint density at radius 2 is 1.71 bits per heavy atom. The van der Waals surface area contributed by atoms with Gasteiger partial charge in [0.05, 0.1) is 16.2 Å². The number of nitrogens with zero attached hydrogens (tertiary/aromatic N) is 1. The third-order valence-electron chi connectivity index (χ3n) is 8.13. The zero-order valence-corrected chi connectivity index (χ0v) is 23.1. The topological polar surface area (TPSA) is 86.7 Å². The van der Waals surface area contributed by atoms with E-state index in [9.17, 15) is 18.3 Å². The van der Waals surface area contributed by atoms with Crippen LogP contribution in [-0.4, -0.2) is 31.9 Å². The van der Waals surface area contributed by atoms with Crippen LogP contribution in [0.5, 0.6) is 0 Å². The Morgan fingerprint density at radius 3 is 2.37 bits per heavy atom. The molecule has 0 radical (unpaired) electrons. The molecule has 7 heteroatoms. The lowest BCUT2D eigenvalue weighted by atomic mass is 9.79. The number of hydrogen-bond donors (Lipinski definition) is 2. The number of urea groups is 1. The number of sulfone groups is 1. The molecule has 1 spiro atoms. The van der Waals surface area contributed by atoms with E-state index in [2.05, 4.69) is 11.4 Å². The lowest BCUT2D eigenvalue weighted by Gasteiger charge is -2.25. The third-order valence-corrected chi connectivity index (χ3v) is 9.88. The third kappa shape index (κ3) is 4.85. The van der Waals surface area contributed by atoms with Crippen LogP contribution in [0.3, 0.4) is 0 Å². The standard InChI is InChI=1S/C31H36N2O4S/c1-4-38(36,37)24-14-11-22(12-15-24)20-32-29(34)33-21-31(17-7-8-18-31)27-19-23(13-16-28(27)33)25-9-5-6-10-26(25)30(2,3)35/h5-6,9-16,19,35H,4,7-8,17-18,20-21H2,1-3H3,(H,32,34). The van der Waals surface area contributed by atoms with Crippen molar-refractivity contribution in [3.05, 3.63) is 83.4 Å². The van der Waals surface area contributed by atoms with Gasteiger partial charge < -0.3 is 10.4 Å². The maximum absolute atomic E-state index is 13.4. The van der Waals surface area contributed by atoms with E-state index in [1.165, 1.54) is 5.56 Å². The minimum Gasteiger partial charge on any atom is -0.386 e. The highest BCUT2D eigenvalue weighted by Gasteiger charge is 2.46. The number of rotatable bonds is 6. The highest BCUT2D eigenvalue weighted by Crippen LogP contribution is 2.51. The van der Waals surface area contributed by atoms with Gasteiger partial charge in [0.1, 0.15) is 0 Å². The van der Waals surface area contributed by atoms with Crippen molar-refractivity contribution in [3.8, 4) is 11.1 Å². The molecule has 0 atom stereocenters. The molecule has 0 bridgehead atoms. The van der Waals surface area contributed by atoms with Crippen LogP contribution in [0.15, 0.2) is 71.6 Å². The van der Waals surface area contributed by atoms with E-state index in [1.807, 2.05) is 41.3 Å². The second-order valence-corrected chi connectivity index (χ2v) is 13.4. The number of fused-ring (bicyclic) bond motifs is 2. The molecule has 2 aliphatic rings. The fraction of sp³-hybridized carbons (Fsp3) is 0.387. The molecule has 1 aliphatic carbocycles. The van der Waals surface area contributed by atoms with Crippen LogP contribution < -0.4 is 10.2 Å². The van der Waals surface area contributed by atoms with E-state index in [4.69, 9.17) is 0 Å². The van der Waals surface area contributed by atoms with Gasteiger partial charge in [0, 0.05) is 24.2 Å². The summed E-state index contributed by atoms with van der Waals surface area (Å²) in [6.45, 7) is 6.21. The molecular weight excluding hydrogens is 496 g/mol. The summed E-state index contributed by atoms with van der Waals surface area (Å²) in [6, 6.07) is 20.8. The Hall–Kier alpha value is -3.16. The van der Waals surface area contributed by atoms with Gasteiger partial charge in [0.2, 0.25) is 0 Å². The molecule has 2 N–H and O–H groups in total. The normalized spacial score (nSPS) is 16.6. The maximum Gasteiger partial charge on any atom is 0.322 e. The monoisotopic (exact) mass is 532 g/mol. The minimum absolute atomic E-state index is 0.0531. The lowest BCUT2D eigenvalue weighted by Crippen LogP contribution is -2.41. The van der Waals surface area contributed by atoms with Crippen LogP contribution in [0.1, 0.15) is 63.1 Å². The first-order chi connectivity index (χ1) is 18.0. The van der Waals surface area contributed by atoms with Crippen LogP contribution in [0, 0.1) is 0 Å². The fourth-order valence-electron chi connectivity index (χ4n) is 6.02. The van der Waals surface area contributed by atoms with E-state index in [-0.39, 0.29) is 17.2 Å². The largest absolute Gasteiger partial charge is 0.386 e. The Bertz CT molecular complexity index is 1450. The average Bonchev–Trinajstić information content (AvgIpc) is 3.52. The van der Waals surface area contributed by atoms with Gasteiger partial charge in [-0.3, -0.25) is 4.90 Å². The quantitative estimate of drug-likeness (QED) is 0.413. The zero-order chi connectivity index (χ0) is 27.1. The molecule has 0 aromatic heterocycles. The van der Waals surface area contributed by atoms with Crippen molar-refractivity contribution < 1.29 is 18.3 Å². The van der Waals surface area contributed by atoms with Gasteiger partial charge in [-0.25, -0.2) is 13.2 Å². The van der Waals surface area contributed by atoms with Crippen molar-refractivity contribution in [1.29, 1.82) is 0 Å². The number of benzene rings is 3. The van der Waals surface area contributed by atoms with Crippen molar-refractivity contribution in [1.82, 2.24) is 5.32 Å². The fourth-order valence-corrected chi connectivity index (χ4v) is 6.90. The van der Waals surface area contributed by atoms with E-state index in [0.29, 0.717) is 18.0 Å². The minimum atomic E-state index is -3.25. The van der Waals surface area contributed by atoms with Crippen molar-refractivity contribution in [2.75, 3.05) is 17.2 Å². The molecule has 1 fully saturated rings. The van der Waals surface area contributed by atoms with Gasteiger partial charge in [-0.1, -0.05) is 62.2 Å². The van der Waals surface area contributed by atoms with Crippen molar-refractivity contribution in [3.63, 3.8) is 0 Å². The van der Waals surface area contributed by atoms with Crippen LogP contribution in [-0.2, 0) is 27.4 Å². The number of carbonyl (C=O) groups is 1. The Kier molecular flexibility index (Phi) is 6.86. The van der Waals surface area contributed by atoms with Crippen LogP contribution >= 0.6 is 0 Å². The van der Waals surface area contributed by atoms with Gasteiger partial charge in [-0.2, -0.15) is 0 Å². The molecule has 1 saturated carbocycles. The summed E-state index contributed by atoms with van der Waals surface area (Å²) >= 11 is 0. The molecule has 6 nitrogen and oxygen atoms in total. The summed E-state index contributed by atoms with van der Waals surface area (Å²) in [6.07, 6.45) is 4.39. The summed E-state index contributed by atoms with van der Waals surface area (Å²) in [7, 11) is -3.25. The average molecular weight is 533 g/mol. The molecular formula is C31H36N2O4S. The van der Waals surface area contributed by atoms with Crippen LogP contribution in [0.25, 0.3) is 11.1 Å². The molecule has 1 heterocycles. The van der Waals surface area contributed by atoms with Gasteiger partial charge in [0.25, 0.3) is 0 Å². The van der Waals surface area contributed by atoms with E-state index >= 15 is 0 Å². The number of anilines is 1. The molecule has 38 heavy (non-hydrogen) atoms. The van der Waals surface area contributed by atoms with Crippen LogP contribution in [0.4, 0.5) is 10.5 Å². The van der Waals surface area contributed by atoms with Crippen molar-refractivity contribution >= 4 is 21.6 Å². The Morgan fingerprint density at radius 1 is 1.03 bits per heavy atom. The van der Waals surface area contributed by atoms with Crippen LogP contribution in [0.2, 0.25) is 0 Å². The maximum atomic E-state index is 13.4. The number of nitrogens with one attached hydrogen (secondary N) is 1. The molecule has 0 unspecified atom stereocenters. The summed E-state index contributed by atoms with van der Waals surface area (Å²) in [5, 5.41) is 13.8. The van der Waals surface area contributed by atoms with E-state index in [0.717, 1.165) is 53.6 Å². The first-order valence-electron chi connectivity index (χ1n) is 13.4. The second-order valence-electron chi connectivity index (χ2n) is 11.1. The van der Waals surface area contributed by atoms with Crippen molar-refractivity contribution in [2.24, 2.45) is 0 Å². The first-order valence-corrected chi connectivity index (χ1v) is 15.0. The number of hydrogen-bond acceptors (Lipinski definition) is 4. The SMILES string of the molecule is CCS(=O)(=O)c1ccc(CNC(=O)N2CC3(CCCC3)c3cc(-c4ccccc4C(C)(C)O)ccc32)cc1. The van der Waals surface area contributed by atoms with E-state index in [1.54, 1.807) is 45.0 Å². The zero-order valence-electron chi connectivity index (χ0n) is 22.3. The first kappa shape index (κ1) is 26.4. The summed E-state index contributed by atoms with van der Waals surface area (Å²) < 4.78 is 24.2. The molecule has 200 valence electrons. The Balaban J connectivity index is 1.41. The number of aliphatic hydroxyl groups is 1. The molecule has 3 aromatic carbocycles. The van der Waals surface area contributed by atoms with Gasteiger partial charge in [0.15, 0.2) is 9.84 Å².